The molecule has 10 rings (SSSR count). The molecule has 2 N–H and O–H groups in total. The standard InChI is InChI=1S/C54H39N7/c55-44-31-32-46(41-26-16-28-43(34-41)54-60-51(38-21-9-3-10-22-38)57-52(61-54)39-23-11-4-12-24-39)48(35-44)47-30-14-13-29-45(47)40-25-15-27-42(33-40)53-58-49(36-17-5-1-6-18-36)56-50(59-53)37-19-7-2-8-20-37/h1-23,25-35,39H,24,55H2/t39-/m0/s1. The molecule has 0 amide bonds. The highest BCUT2D eigenvalue weighted by molar-refractivity contribution is 5.94. The second-order valence-corrected chi connectivity index (χ2v) is 14.9. The minimum atomic E-state index is 0.0676. The van der Waals surface area contributed by atoms with Crippen molar-refractivity contribution in [3.63, 3.8) is 0 Å². The Kier molecular flexibility index (Phi) is 10.1. The average Bonchev–Trinajstić information content (AvgIpc) is 3.35. The van der Waals surface area contributed by atoms with Crippen LogP contribution in [-0.2, 0) is 0 Å². The summed E-state index contributed by atoms with van der Waals surface area (Å²) in [5.74, 6) is 3.95. The molecule has 61 heavy (non-hydrogen) atoms. The van der Waals surface area contributed by atoms with Gasteiger partial charge < -0.3 is 5.73 Å². The van der Waals surface area contributed by atoms with Gasteiger partial charge in [-0.1, -0.05) is 182 Å². The van der Waals surface area contributed by atoms with Crippen LogP contribution in [0, 0.1) is 0 Å². The number of nitrogens with two attached hydrogens (primary N) is 1. The molecule has 1 aliphatic carbocycles. The maximum atomic E-state index is 6.58. The van der Waals surface area contributed by atoms with E-state index in [1.54, 1.807) is 0 Å². The molecular weight excluding hydrogens is 747 g/mol. The van der Waals surface area contributed by atoms with Crippen LogP contribution in [0.4, 0.5) is 5.69 Å². The third kappa shape index (κ3) is 7.88. The van der Waals surface area contributed by atoms with E-state index in [0.717, 1.165) is 73.4 Å². The SMILES string of the molecule is Nc1ccc(-c2cccc(-c3nc(-c4ccccc4)nc([C@H]4C=CC=CC4)n3)c2)c(-c2ccccc2-c2cccc(-c3nc(-c4ccccc4)nc(-c4ccccc4)n3)c2)c1. The van der Waals surface area contributed by atoms with Crippen LogP contribution in [0.15, 0.2) is 206 Å². The van der Waals surface area contributed by atoms with Crippen molar-refractivity contribution >= 4 is 5.69 Å². The Morgan fingerprint density at radius 1 is 0.344 bits per heavy atom. The summed E-state index contributed by atoms with van der Waals surface area (Å²) in [5.41, 5.74) is 18.0. The van der Waals surface area contributed by atoms with E-state index < -0.39 is 0 Å². The largest absolute Gasteiger partial charge is 0.399 e. The van der Waals surface area contributed by atoms with Crippen molar-refractivity contribution in [1.82, 2.24) is 29.9 Å². The van der Waals surface area contributed by atoms with Gasteiger partial charge in [-0.25, -0.2) is 29.9 Å². The molecule has 0 aliphatic heterocycles. The van der Waals surface area contributed by atoms with Gasteiger partial charge in [-0.3, -0.25) is 0 Å². The zero-order chi connectivity index (χ0) is 41.0. The van der Waals surface area contributed by atoms with Crippen LogP contribution in [0.1, 0.15) is 18.2 Å². The Morgan fingerprint density at radius 2 is 0.770 bits per heavy atom. The minimum absolute atomic E-state index is 0.0676. The highest BCUT2D eigenvalue weighted by atomic mass is 15.0. The number of benzene rings is 7. The molecule has 0 fully saturated rings. The third-order valence-electron chi connectivity index (χ3n) is 10.8. The lowest BCUT2D eigenvalue weighted by molar-refractivity contribution is 0.764. The van der Waals surface area contributed by atoms with Crippen LogP contribution >= 0.6 is 0 Å². The molecule has 1 atom stereocenters. The van der Waals surface area contributed by atoms with Crippen molar-refractivity contribution in [2.75, 3.05) is 5.73 Å². The summed E-state index contributed by atoms with van der Waals surface area (Å²) in [7, 11) is 0. The van der Waals surface area contributed by atoms with Crippen LogP contribution < -0.4 is 5.73 Å². The van der Waals surface area contributed by atoms with Gasteiger partial charge in [0, 0.05) is 39.4 Å². The normalized spacial score (nSPS) is 13.3. The second-order valence-electron chi connectivity index (χ2n) is 14.9. The quantitative estimate of drug-likeness (QED) is 0.145. The fourth-order valence-electron chi connectivity index (χ4n) is 7.77. The molecule has 0 bridgehead atoms. The van der Waals surface area contributed by atoms with E-state index in [2.05, 4.69) is 109 Å². The summed E-state index contributed by atoms with van der Waals surface area (Å²) in [4.78, 5) is 30.0. The smallest absolute Gasteiger partial charge is 0.164 e. The summed E-state index contributed by atoms with van der Waals surface area (Å²) < 4.78 is 0. The Morgan fingerprint density at radius 3 is 1.30 bits per heavy atom. The van der Waals surface area contributed by atoms with Gasteiger partial charge in [0.05, 0.1) is 0 Å². The molecule has 7 aromatic carbocycles. The van der Waals surface area contributed by atoms with Crippen LogP contribution in [-0.4, -0.2) is 29.9 Å². The number of aromatic nitrogens is 6. The molecule has 9 aromatic rings. The van der Waals surface area contributed by atoms with Crippen molar-refractivity contribution in [3.05, 3.63) is 212 Å². The number of nitrogen functional groups attached to an aromatic ring is 1. The van der Waals surface area contributed by atoms with Gasteiger partial charge in [0.15, 0.2) is 29.1 Å². The van der Waals surface area contributed by atoms with Crippen molar-refractivity contribution in [1.29, 1.82) is 0 Å². The number of anilines is 1. The van der Waals surface area contributed by atoms with Crippen LogP contribution in [0.3, 0.4) is 0 Å². The molecule has 0 spiro atoms. The number of nitrogens with zero attached hydrogens (tertiary/aromatic N) is 6. The fraction of sp³-hybridized carbons (Fsp3) is 0.0370. The van der Waals surface area contributed by atoms with Gasteiger partial charge in [0.2, 0.25) is 0 Å². The van der Waals surface area contributed by atoms with Crippen LogP contribution in [0.5, 0.6) is 0 Å². The Labute approximate surface area is 354 Å². The van der Waals surface area contributed by atoms with Gasteiger partial charge in [-0.2, -0.15) is 0 Å². The predicted molar refractivity (Wildman–Crippen MR) is 247 cm³/mol. The molecule has 2 aromatic heterocycles. The first kappa shape index (κ1) is 37.1. The molecule has 7 nitrogen and oxygen atoms in total. The topological polar surface area (TPSA) is 103 Å². The zero-order valence-corrected chi connectivity index (χ0v) is 33.2. The Hall–Kier alpha value is -8.16. The highest BCUT2D eigenvalue weighted by Crippen LogP contribution is 2.41. The number of hydrogen-bond donors (Lipinski definition) is 1. The fourth-order valence-corrected chi connectivity index (χ4v) is 7.77. The number of hydrogen-bond acceptors (Lipinski definition) is 7. The van der Waals surface area contributed by atoms with Crippen molar-refractivity contribution in [2.24, 2.45) is 0 Å². The van der Waals surface area contributed by atoms with E-state index in [9.17, 15) is 0 Å². The van der Waals surface area contributed by atoms with E-state index in [-0.39, 0.29) is 5.92 Å². The van der Waals surface area contributed by atoms with Crippen LogP contribution in [0.25, 0.3) is 90.3 Å². The molecule has 0 saturated heterocycles. The lowest BCUT2D eigenvalue weighted by atomic mass is 9.88. The summed E-state index contributed by atoms with van der Waals surface area (Å²) >= 11 is 0. The maximum Gasteiger partial charge on any atom is 0.164 e. The molecule has 290 valence electrons. The Balaban J connectivity index is 1.06. The molecule has 7 heteroatoms. The zero-order valence-electron chi connectivity index (χ0n) is 33.2. The molecule has 0 unspecified atom stereocenters. The minimum Gasteiger partial charge on any atom is -0.399 e. The van der Waals surface area contributed by atoms with Gasteiger partial charge in [0.1, 0.15) is 5.82 Å². The molecule has 2 heterocycles. The third-order valence-corrected chi connectivity index (χ3v) is 10.8. The molecule has 1 aliphatic rings. The van der Waals surface area contributed by atoms with Crippen molar-refractivity contribution in [3.8, 4) is 90.3 Å². The van der Waals surface area contributed by atoms with Gasteiger partial charge in [-0.15, -0.1) is 0 Å². The first-order valence-corrected chi connectivity index (χ1v) is 20.4. The van der Waals surface area contributed by atoms with Gasteiger partial charge in [0.25, 0.3) is 0 Å². The summed E-state index contributed by atoms with van der Waals surface area (Å²) in [6.07, 6.45) is 9.28. The average molecular weight is 786 g/mol. The number of rotatable bonds is 9. The Bertz CT molecular complexity index is 3010. The van der Waals surface area contributed by atoms with Crippen LogP contribution in [0.2, 0.25) is 0 Å². The highest BCUT2D eigenvalue weighted by Gasteiger charge is 2.20. The van der Waals surface area contributed by atoms with Gasteiger partial charge in [-0.05, 0) is 64.1 Å². The first-order chi connectivity index (χ1) is 30.1. The predicted octanol–water partition coefficient (Wildman–Crippen LogP) is 12.6. The van der Waals surface area contributed by atoms with Gasteiger partial charge >= 0.3 is 0 Å². The lowest BCUT2D eigenvalue weighted by Gasteiger charge is -2.17. The first-order valence-electron chi connectivity index (χ1n) is 20.4. The van der Waals surface area contributed by atoms with E-state index in [4.69, 9.17) is 35.6 Å². The summed E-state index contributed by atoms with van der Waals surface area (Å²) in [6, 6.07) is 61.6. The molecular formula is C54H39N7. The monoisotopic (exact) mass is 785 g/mol. The molecule has 0 radical (unpaired) electrons. The second kappa shape index (κ2) is 16.6. The van der Waals surface area contributed by atoms with E-state index >= 15 is 0 Å². The number of allylic oxidation sites excluding steroid dienone is 4. The van der Waals surface area contributed by atoms with Crippen molar-refractivity contribution < 1.29 is 0 Å². The summed E-state index contributed by atoms with van der Waals surface area (Å²) in [5, 5.41) is 0. The molecule has 0 saturated carbocycles. The lowest BCUT2D eigenvalue weighted by Crippen LogP contribution is -2.07. The maximum absolute atomic E-state index is 6.58. The van der Waals surface area contributed by atoms with E-state index in [0.29, 0.717) is 34.8 Å². The van der Waals surface area contributed by atoms with E-state index in [1.165, 1.54) is 0 Å². The summed E-state index contributed by atoms with van der Waals surface area (Å²) in [6.45, 7) is 0. The van der Waals surface area contributed by atoms with E-state index in [1.807, 2.05) is 97.1 Å². The van der Waals surface area contributed by atoms with Crippen molar-refractivity contribution in [2.45, 2.75) is 12.3 Å².